The van der Waals surface area contributed by atoms with Crippen LogP contribution in [0.15, 0.2) is 36.7 Å². The lowest BCUT2D eigenvalue weighted by molar-refractivity contribution is 0.181. The van der Waals surface area contributed by atoms with E-state index in [9.17, 15) is 0 Å². The van der Waals surface area contributed by atoms with Gasteiger partial charge in [-0.2, -0.15) is 5.10 Å². The number of nitrogens with zero attached hydrogens (tertiary/aromatic N) is 3. The van der Waals surface area contributed by atoms with Crippen LogP contribution in [0.25, 0.3) is 5.82 Å². The van der Waals surface area contributed by atoms with Gasteiger partial charge in [0.25, 0.3) is 0 Å². The highest BCUT2D eigenvalue weighted by Crippen LogP contribution is 2.03. The monoisotopic (exact) mass is 189 g/mol. The van der Waals surface area contributed by atoms with E-state index in [-0.39, 0.29) is 0 Å². The number of pyridine rings is 1. The number of aromatic nitrogens is 3. The SMILES string of the molecule is COCc1ccn(-c2ccccn2)n1. The zero-order valence-electron chi connectivity index (χ0n) is 7.92. The fraction of sp³-hybridized carbons (Fsp3) is 0.200. The second-order valence-electron chi connectivity index (χ2n) is 2.87. The van der Waals surface area contributed by atoms with E-state index in [0.717, 1.165) is 11.5 Å². The minimum Gasteiger partial charge on any atom is -0.378 e. The third-order valence-electron chi connectivity index (χ3n) is 1.82. The molecule has 0 amide bonds. The molecule has 0 aromatic carbocycles. The first-order chi connectivity index (χ1) is 6.90. The molecule has 0 saturated heterocycles. The number of hydrogen-bond donors (Lipinski definition) is 0. The van der Waals surface area contributed by atoms with E-state index in [1.54, 1.807) is 18.0 Å². The largest absolute Gasteiger partial charge is 0.378 e. The summed E-state index contributed by atoms with van der Waals surface area (Å²) in [4.78, 5) is 4.18. The predicted molar refractivity (Wildman–Crippen MR) is 52.1 cm³/mol. The van der Waals surface area contributed by atoms with Crippen molar-refractivity contribution < 1.29 is 4.74 Å². The van der Waals surface area contributed by atoms with Crippen LogP contribution in [0.2, 0.25) is 0 Å². The first-order valence-electron chi connectivity index (χ1n) is 4.35. The highest BCUT2D eigenvalue weighted by atomic mass is 16.5. The maximum Gasteiger partial charge on any atom is 0.153 e. The summed E-state index contributed by atoms with van der Waals surface area (Å²) >= 11 is 0. The van der Waals surface area contributed by atoms with Gasteiger partial charge in [-0.15, -0.1) is 0 Å². The number of hydrogen-bond acceptors (Lipinski definition) is 3. The topological polar surface area (TPSA) is 39.9 Å². The van der Waals surface area contributed by atoms with Crippen LogP contribution in [0.5, 0.6) is 0 Å². The van der Waals surface area contributed by atoms with Gasteiger partial charge in [0.05, 0.1) is 12.3 Å². The van der Waals surface area contributed by atoms with Gasteiger partial charge in [0, 0.05) is 19.5 Å². The number of rotatable bonds is 3. The Labute approximate surface area is 82.2 Å². The van der Waals surface area contributed by atoms with Crippen molar-refractivity contribution >= 4 is 0 Å². The molecule has 2 rings (SSSR count). The van der Waals surface area contributed by atoms with Crippen LogP contribution in [-0.2, 0) is 11.3 Å². The smallest absolute Gasteiger partial charge is 0.153 e. The summed E-state index contributed by atoms with van der Waals surface area (Å²) in [5.74, 6) is 0.815. The molecule has 0 spiro atoms. The minimum atomic E-state index is 0.528. The Kier molecular flexibility index (Phi) is 2.55. The fourth-order valence-electron chi connectivity index (χ4n) is 1.20. The van der Waals surface area contributed by atoms with E-state index in [4.69, 9.17) is 4.74 Å². The van der Waals surface area contributed by atoms with Crippen molar-refractivity contribution in [2.45, 2.75) is 6.61 Å². The Morgan fingerprint density at radius 2 is 2.29 bits per heavy atom. The maximum absolute atomic E-state index is 4.98. The van der Waals surface area contributed by atoms with Gasteiger partial charge in [-0.25, -0.2) is 9.67 Å². The Balaban J connectivity index is 2.25. The van der Waals surface area contributed by atoms with Crippen molar-refractivity contribution in [3.8, 4) is 5.82 Å². The zero-order valence-corrected chi connectivity index (χ0v) is 7.92. The minimum absolute atomic E-state index is 0.528. The van der Waals surface area contributed by atoms with Crippen LogP contribution in [0.1, 0.15) is 5.69 Å². The third-order valence-corrected chi connectivity index (χ3v) is 1.82. The molecule has 0 atom stereocenters. The molecule has 72 valence electrons. The molecule has 0 bridgehead atoms. The fourth-order valence-corrected chi connectivity index (χ4v) is 1.20. The lowest BCUT2D eigenvalue weighted by Crippen LogP contribution is -1.98. The van der Waals surface area contributed by atoms with E-state index < -0.39 is 0 Å². The van der Waals surface area contributed by atoms with Gasteiger partial charge in [0.2, 0.25) is 0 Å². The normalized spacial score (nSPS) is 10.4. The molecular formula is C10H11N3O. The summed E-state index contributed by atoms with van der Waals surface area (Å²) in [6.45, 7) is 0.528. The van der Waals surface area contributed by atoms with Crippen molar-refractivity contribution in [1.29, 1.82) is 0 Å². The van der Waals surface area contributed by atoms with Gasteiger partial charge in [-0.05, 0) is 18.2 Å². The van der Waals surface area contributed by atoms with Gasteiger partial charge < -0.3 is 4.74 Å². The Morgan fingerprint density at radius 3 is 3.00 bits per heavy atom. The van der Waals surface area contributed by atoms with Crippen molar-refractivity contribution in [3.05, 3.63) is 42.4 Å². The third kappa shape index (κ3) is 1.80. The molecule has 4 heteroatoms. The molecule has 0 saturated carbocycles. The van der Waals surface area contributed by atoms with E-state index in [1.807, 2.05) is 30.5 Å². The van der Waals surface area contributed by atoms with E-state index in [1.165, 1.54) is 0 Å². The standard InChI is InChI=1S/C10H11N3O/c1-14-8-9-5-7-13(12-9)10-4-2-3-6-11-10/h2-7H,8H2,1H3. The summed E-state index contributed by atoms with van der Waals surface area (Å²) < 4.78 is 6.71. The average molecular weight is 189 g/mol. The lowest BCUT2D eigenvalue weighted by atomic mass is 10.5. The summed E-state index contributed by atoms with van der Waals surface area (Å²) in [5, 5.41) is 4.30. The number of ether oxygens (including phenoxy) is 1. The highest BCUT2D eigenvalue weighted by Gasteiger charge is 2.00. The van der Waals surface area contributed by atoms with Crippen LogP contribution in [0, 0.1) is 0 Å². The predicted octanol–water partition coefficient (Wildman–Crippen LogP) is 1.41. The Morgan fingerprint density at radius 1 is 1.36 bits per heavy atom. The van der Waals surface area contributed by atoms with Crippen LogP contribution < -0.4 is 0 Å². The molecule has 0 unspecified atom stereocenters. The summed E-state index contributed by atoms with van der Waals surface area (Å²) in [6.07, 6.45) is 3.61. The van der Waals surface area contributed by atoms with Crippen LogP contribution >= 0.6 is 0 Å². The van der Waals surface area contributed by atoms with E-state index >= 15 is 0 Å². The van der Waals surface area contributed by atoms with E-state index in [0.29, 0.717) is 6.61 Å². The molecule has 2 aromatic heterocycles. The number of methoxy groups -OCH3 is 1. The molecule has 0 radical (unpaired) electrons. The molecule has 4 nitrogen and oxygen atoms in total. The second kappa shape index (κ2) is 4.02. The van der Waals surface area contributed by atoms with Gasteiger partial charge in [0.1, 0.15) is 0 Å². The average Bonchev–Trinajstić information content (AvgIpc) is 2.68. The van der Waals surface area contributed by atoms with Gasteiger partial charge >= 0.3 is 0 Å². The van der Waals surface area contributed by atoms with Crippen molar-refractivity contribution in [1.82, 2.24) is 14.8 Å². The van der Waals surface area contributed by atoms with Gasteiger partial charge in [-0.1, -0.05) is 6.07 Å². The second-order valence-corrected chi connectivity index (χ2v) is 2.87. The van der Waals surface area contributed by atoms with Crippen LogP contribution in [0.4, 0.5) is 0 Å². The summed E-state index contributed by atoms with van der Waals surface area (Å²) in [5.41, 5.74) is 0.901. The summed E-state index contributed by atoms with van der Waals surface area (Å²) in [6, 6.07) is 7.63. The van der Waals surface area contributed by atoms with Crippen LogP contribution in [-0.4, -0.2) is 21.9 Å². The Bertz CT molecular complexity index is 397. The van der Waals surface area contributed by atoms with E-state index in [2.05, 4.69) is 10.1 Å². The van der Waals surface area contributed by atoms with Gasteiger partial charge in [-0.3, -0.25) is 0 Å². The highest BCUT2D eigenvalue weighted by molar-refractivity contribution is 5.20. The molecule has 2 heterocycles. The van der Waals surface area contributed by atoms with Gasteiger partial charge in [0.15, 0.2) is 5.82 Å². The molecule has 0 aliphatic heterocycles. The van der Waals surface area contributed by atoms with Crippen molar-refractivity contribution in [2.75, 3.05) is 7.11 Å². The molecule has 0 fully saturated rings. The molecular weight excluding hydrogens is 178 g/mol. The molecule has 0 aliphatic carbocycles. The quantitative estimate of drug-likeness (QED) is 0.733. The first kappa shape index (κ1) is 8.90. The summed E-state index contributed by atoms with van der Waals surface area (Å²) in [7, 11) is 1.65. The molecule has 0 aliphatic rings. The molecule has 14 heavy (non-hydrogen) atoms. The van der Waals surface area contributed by atoms with Crippen molar-refractivity contribution in [2.24, 2.45) is 0 Å². The van der Waals surface area contributed by atoms with Crippen LogP contribution in [0.3, 0.4) is 0 Å². The Hall–Kier alpha value is -1.68. The molecule has 0 N–H and O–H groups in total. The molecule has 2 aromatic rings. The zero-order chi connectivity index (χ0) is 9.80. The first-order valence-corrected chi connectivity index (χ1v) is 4.35. The van der Waals surface area contributed by atoms with Crippen molar-refractivity contribution in [3.63, 3.8) is 0 Å². The maximum atomic E-state index is 4.98. The lowest BCUT2D eigenvalue weighted by Gasteiger charge is -1.98.